The molecule has 0 bridgehead atoms. The average Bonchev–Trinajstić information content (AvgIpc) is 2.84. The van der Waals surface area contributed by atoms with Crippen LogP contribution >= 0.6 is 0 Å². The third-order valence-electron chi connectivity index (χ3n) is 2.24. The summed E-state index contributed by atoms with van der Waals surface area (Å²) in [4.78, 5) is 10.4. The van der Waals surface area contributed by atoms with Crippen LogP contribution in [0.15, 0.2) is 34.7 Å². The van der Waals surface area contributed by atoms with Gasteiger partial charge in [0.1, 0.15) is 30.0 Å². The van der Waals surface area contributed by atoms with Crippen molar-refractivity contribution in [1.82, 2.24) is 0 Å². The summed E-state index contributed by atoms with van der Waals surface area (Å²) < 4.78 is 23.6. The Morgan fingerprint density at radius 1 is 1.39 bits per heavy atom. The monoisotopic (exact) mass is 245 g/mol. The number of nitrogens with zero attached hydrogens (tertiary/aromatic N) is 1. The van der Waals surface area contributed by atoms with Gasteiger partial charge >= 0.3 is 0 Å². The largest absolute Gasteiger partial charge is 0.486 e. The van der Waals surface area contributed by atoms with Gasteiger partial charge in [0.15, 0.2) is 12.0 Å². The molecule has 90 valence electrons. The third kappa shape index (κ3) is 2.55. The van der Waals surface area contributed by atoms with E-state index in [-0.39, 0.29) is 23.7 Å². The summed E-state index contributed by atoms with van der Waals surface area (Å²) in [6, 6.07) is 8.79. The lowest BCUT2D eigenvalue weighted by Crippen LogP contribution is -1.95. The fourth-order valence-electron chi connectivity index (χ4n) is 1.37. The Hall–Kier alpha value is -2.61. The minimum atomic E-state index is -0.636. The van der Waals surface area contributed by atoms with Gasteiger partial charge in [-0.1, -0.05) is 0 Å². The molecule has 0 unspecified atom stereocenters. The molecule has 0 saturated heterocycles. The summed E-state index contributed by atoms with van der Waals surface area (Å²) in [6.07, 6.45) is 0.588. The molecule has 1 aromatic carbocycles. The number of rotatable bonds is 4. The van der Waals surface area contributed by atoms with Gasteiger partial charge in [0.25, 0.3) is 0 Å². The van der Waals surface area contributed by atoms with Crippen molar-refractivity contribution in [2.75, 3.05) is 0 Å². The van der Waals surface area contributed by atoms with Crippen LogP contribution in [0.25, 0.3) is 0 Å². The Morgan fingerprint density at radius 3 is 2.83 bits per heavy atom. The van der Waals surface area contributed by atoms with Crippen LogP contribution in [-0.2, 0) is 6.61 Å². The van der Waals surface area contributed by atoms with Gasteiger partial charge in [0, 0.05) is 6.07 Å². The number of hydrogen-bond donors (Lipinski definition) is 0. The number of ether oxygens (including phenoxy) is 1. The second-order valence-electron chi connectivity index (χ2n) is 3.46. The van der Waals surface area contributed by atoms with Crippen molar-refractivity contribution in [1.29, 1.82) is 5.26 Å². The molecule has 0 spiro atoms. The maximum absolute atomic E-state index is 13.3. The zero-order valence-corrected chi connectivity index (χ0v) is 9.22. The highest BCUT2D eigenvalue weighted by molar-refractivity contribution is 5.70. The van der Waals surface area contributed by atoms with E-state index in [1.54, 1.807) is 12.1 Å². The molecule has 0 saturated carbocycles. The number of furan rings is 1. The lowest BCUT2D eigenvalue weighted by atomic mass is 10.2. The van der Waals surface area contributed by atoms with Crippen LogP contribution in [0.2, 0.25) is 0 Å². The van der Waals surface area contributed by atoms with E-state index in [1.807, 2.05) is 0 Å². The predicted octanol–water partition coefficient (Wildman–Crippen LogP) is 2.68. The van der Waals surface area contributed by atoms with Gasteiger partial charge in [0.2, 0.25) is 0 Å². The maximum atomic E-state index is 13.3. The minimum Gasteiger partial charge on any atom is -0.486 e. The molecule has 1 heterocycles. The van der Waals surface area contributed by atoms with E-state index < -0.39 is 5.82 Å². The summed E-state index contributed by atoms with van der Waals surface area (Å²) in [5.41, 5.74) is -0.0383. The van der Waals surface area contributed by atoms with Crippen LogP contribution in [0, 0.1) is 17.1 Å². The number of nitriles is 1. The first-order valence-corrected chi connectivity index (χ1v) is 5.09. The predicted molar refractivity (Wildman–Crippen MR) is 59.5 cm³/mol. The smallest absolute Gasteiger partial charge is 0.185 e. The summed E-state index contributed by atoms with van der Waals surface area (Å²) in [6.45, 7) is 0.0825. The normalized spacial score (nSPS) is 9.78. The second-order valence-corrected chi connectivity index (χ2v) is 3.46. The van der Waals surface area contributed by atoms with Crippen molar-refractivity contribution < 1.29 is 18.3 Å². The lowest BCUT2D eigenvalue weighted by Gasteiger charge is -2.04. The molecule has 0 aliphatic heterocycles. The fourth-order valence-corrected chi connectivity index (χ4v) is 1.37. The number of benzene rings is 1. The van der Waals surface area contributed by atoms with Crippen LogP contribution in [0.4, 0.5) is 4.39 Å². The van der Waals surface area contributed by atoms with Gasteiger partial charge < -0.3 is 9.15 Å². The van der Waals surface area contributed by atoms with Crippen molar-refractivity contribution in [3.8, 4) is 11.8 Å². The summed E-state index contributed by atoms with van der Waals surface area (Å²) >= 11 is 0. The highest BCUT2D eigenvalue weighted by atomic mass is 19.1. The van der Waals surface area contributed by atoms with Crippen molar-refractivity contribution in [3.05, 3.63) is 53.2 Å². The van der Waals surface area contributed by atoms with Crippen molar-refractivity contribution in [2.45, 2.75) is 6.61 Å². The summed E-state index contributed by atoms with van der Waals surface area (Å²) in [5.74, 6) is 0.319. The van der Waals surface area contributed by atoms with Gasteiger partial charge in [-0.3, -0.25) is 4.79 Å². The lowest BCUT2D eigenvalue weighted by molar-refractivity contribution is 0.109. The molecule has 2 rings (SSSR count). The highest BCUT2D eigenvalue weighted by Crippen LogP contribution is 2.17. The van der Waals surface area contributed by atoms with E-state index in [4.69, 9.17) is 14.4 Å². The topological polar surface area (TPSA) is 63.2 Å². The van der Waals surface area contributed by atoms with Crippen LogP contribution in [0.5, 0.6) is 5.75 Å². The molecule has 5 heteroatoms. The first-order valence-electron chi connectivity index (χ1n) is 5.09. The zero-order chi connectivity index (χ0) is 13.0. The molecule has 4 nitrogen and oxygen atoms in total. The quantitative estimate of drug-likeness (QED) is 0.777. The molecular weight excluding hydrogens is 237 g/mol. The number of carbonyl (C=O) groups is 1. The van der Waals surface area contributed by atoms with E-state index in [0.29, 0.717) is 12.0 Å². The van der Waals surface area contributed by atoms with E-state index in [2.05, 4.69) is 0 Å². The van der Waals surface area contributed by atoms with E-state index in [1.165, 1.54) is 18.2 Å². The molecule has 1 aromatic heterocycles. The van der Waals surface area contributed by atoms with Crippen molar-refractivity contribution >= 4 is 6.29 Å². The number of halogens is 1. The van der Waals surface area contributed by atoms with Crippen molar-refractivity contribution in [2.24, 2.45) is 0 Å². The Balaban J connectivity index is 2.04. The molecule has 0 amide bonds. The summed E-state index contributed by atoms with van der Waals surface area (Å²) in [5, 5.41) is 8.57. The Bertz CT molecular complexity index is 613. The van der Waals surface area contributed by atoms with Gasteiger partial charge in [-0.05, 0) is 24.3 Å². The average molecular weight is 245 g/mol. The number of carbonyl (C=O) groups excluding carboxylic acids is 1. The fraction of sp³-hybridized carbons (Fsp3) is 0.0769. The molecule has 0 N–H and O–H groups in total. The van der Waals surface area contributed by atoms with E-state index in [0.717, 1.165) is 6.07 Å². The molecule has 2 aromatic rings. The zero-order valence-electron chi connectivity index (χ0n) is 9.22. The highest BCUT2D eigenvalue weighted by Gasteiger charge is 2.05. The van der Waals surface area contributed by atoms with Crippen molar-refractivity contribution in [3.63, 3.8) is 0 Å². The van der Waals surface area contributed by atoms with Crippen LogP contribution in [-0.4, -0.2) is 6.29 Å². The third-order valence-corrected chi connectivity index (χ3v) is 2.24. The maximum Gasteiger partial charge on any atom is 0.185 e. The molecule has 0 radical (unpaired) electrons. The number of aldehydes is 1. The van der Waals surface area contributed by atoms with Crippen LogP contribution < -0.4 is 4.74 Å². The number of hydrogen-bond acceptors (Lipinski definition) is 4. The first kappa shape index (κ1) is 11.9. The molecule has 0 aliphatic carbocycles. The van der Waals surface area contributed by atoms with E-state index >= 15 is 0 Å². The molecule has 0 fully saturated rings. The van der Waals surface area contributed by atoms with Crippen LogP contribution in [0.3, 0.4) is 0 Å². The Morgan fingerprint density at radius 2 is 2.22 bits per heavy atom. The van der Waals surface area contributed by atoms with E-state index in [9.17, 15) is 9.18 Å². The SMILES string of the molecule is N#Cc1ccc(OCc2ccc(C=O)o2)cc1F. The van der Waals surface area contributed by atoms with Gasteiger partial charge in [-0.2, -0.15) is 5.26 Å². The van der Waals surface area contributed by atoms with Gasteiger partial charge in [-0.25, -0.2) is 4.39 Å². The molecular formula is C13H8FNO3. The second kappa shape index (κ2) is 5.15. The summed E-state index contributed by atoms with van der Waals surface area (Å²) in [7, 11) is 0. The van der Waals surface area contributed by atoms with Gasteiger partial charge in [-0.15, -0.1) is 0 Å². The standard InChI is InChI=1S/C13H8FNO3/c14-13-5-10(2-1-9(13)6-15)17-8-12-4-3-11(7-16)18-12/h1-5,7H,8H2. The first-order chi connectivity index (χ1) is 8.72. The molecule has 0 aliphatic rings. The minimum absolute atomic E-state index is 0.0383. The van der Waals surface area contributed by atoms with Gasteiger partial charge in [0.05, 0.1) is 5.56 Å². The Labute approximate surface area is 102 Å². The van der Waals surface area contributed by atoms with Crippen LogP contribution in [0.1, 0.15) is 21.9 Å². The molecule has 18 heavy (non-hydrogen) atoms. The Kier molecular flexibility index (Phi) is 3.39. The molecule has 0 atom stereocenters.